The van der Waals surface area contributed by atoms with Crippen LogP contribution in [0.15, 0.2) is 30.3 Å². The molecule has 2 atom stereocenters. The monoisotopic (exact) mass is 343 g/mol. The Morgan fingerprint density at radius 1 is 1.12 bits per heavy atom. The number of benzene rings is 1. The molecule has 2 aliphatic heterocycles. The van der Waals surface area contributed by atoms with E-state index < -0.39 is 5.54 Å². The summed E-state index contributed by atoms with van der Waals surface area (Å²) in [5.41, 5.74) is 0.601. The van der Waals surface area contributed by atoms with Crippen LogP contribution >= 0.6 is 0 Å². The highest BCUT2D eigenvalue weighted by atomic mass is 16.2. The summed E-state index contributed by atoms with van der Waals surface area (Å²) < 4.78 is 0. The maximum Gasteiger partial charge on any atom is 0.227 e. The molecule has 134 valence electrons. The Morgan fingerprint density at radius 2 is 1.80 bits per heavy atom. The van der Waals surface area contributed by atoms with Gasteiger partial charge >= 0.3 is 0 Å². The van der Waals surface area contributed by atoms with Crippen LogP contribution < -0.4 is 5.32 Å². The molecule has 2 saturated heterocycles. The Balaban J connectivity index is 1.71. The van der Waals surface area contributed by atoms with Crippen molar-refractivity contribution in [3.8, 4) is 0 Å². The summed E-state index contributed by atoms with van der Waals surface area (Å²) in [5, 5.41) is 3.08. The number of carbonyl (C=O) groups is 3. The molecule has 1 aromatic rings. The standard InChI is InChI=1S/C19H25N3O3/c1-14(23)20-19-8-9-21(11-17(19)12-22(13-19)15(2)24)18(25)10-16-6-4-3-5-7-16/h3-7,17H,8-13H2,1-2H3,(H,20,23)/t17-,19-/m1/s1. The first-order valence-corrected chi connectivity index (χ1v) is 8.75. The molecule has 2 fully saturated rings. The van der Waals surface area contributed by atoms with Crippen LogP contribution in [-0.2, 0) is 20.8 Å². The van der Waals surface area contributed by atoms with Crippen LogP contribution in [0.25, 0.3) is 0 Å². The molecular formula is C19H25N3O3. The Morgan fingerprint density at radius 3 is 2.44 bits per heavy atom. The highest BCUT2D eigenvalue weighted by Crippen LogP contribution is 2.35. The lowest BCUT2D eigenvalue weighted by atomic mass is 9.80. The van der Waals surface area contributed by atoms with Gasteiger partial charge in [-0.15, -0.1) is 0 Å². The summed E-state index contributed by atoms with van der Waals surface area (Å²) in [7, 11) is 0. The van der Waals surface area contributed by atoms with Crippen molar-refractivity contribution in [2.75, 3.05) is 26.2 Å². The van der Waals surface area contributed by atoms with Gasteiger partial charge < -0.3 is 15.1 Å². The summed E-state index contributed by atoms with van der Waals surface area (Å²) in [6, 6.07) is 9.71. The van der Waals surface area contributed by atoms with Crippen molar-refractivity contribution in [2.24, 2.45) is 5.92 Å². The summed E-state index contributed by atoms with van der Waals surface area (Å²) in [6.07, 6.45) is 1.07. The zero-order valence-corrected chi connectivity index (χ0v) is 14.8. The molecule has 0 unspecified atom stereocenters. The predicted molar refractivity (Wildman–Crippen MR) is 93.6 cm³/mol. The van der Waals surface area contributed by atoms with Gasteiger partial charge in [0.1, 0.15) is 0 Å². The van der Waals surface area contributed by atoms with Gasteiger partial charge in [0.15, 0.2) is 0 Å². The van der Waals surface area contributed by atoms with Crippen LogP contribution in [-0.4, -0.2) is 59.2 Å². The Hall–Kier alpha value is -2.37. The maximum atomic E-state index is 12.7. The van der Waals surface area contributed by atoms with E-state index in [1.807, 2.05) is 35.2 Å². The molecule has 1 N–H and O–H groups in total. The Labute approximate surface area is 148 Å². The van der Waals surface area contributed by atoms with E-state index in [9.17, 15) is 14.4 Å². The van der Waals surface area contributed by atoms with Crippen molar-refractivity contribution in [2.45, 2.75) is 32.2 Å². The summed E-state index contributed by atoms with van der Waals surface area (Å²) in [4.78, 5) is 39.8. The normalized spacial score (nSPS) is 25.4. The molecule has 0 bridgehead atoms. The van der Waals surface area contributed by atoms with Crippen molar-refractivity contribution >= 4 is 17.7 Å². The molecule has 3 amide bonds. The van der Waals surface area contributed by atoms with Gasteiger partial charge in [0.05, 0.1) is 12.0 Å². The van der Waals surface area contributed by atoms with Gasteiger partial charge in [-0.25, -0.2) is 0 Å². The molecule has 0 aliphatic carbocycles. The number of nitrogens with zero attached hydrogens (tertiary/aromatic N) is 2. The number of piperidine rings is 1. The lowest BCUT2D eigenvalue weighted by Gasteiger charge is -2.43. The zero-order valence-electron chi connectivity index (χ0n) is 14.8. The number of amides is 3. The molecule has 2 aliphatic rings. The maximum absolute atomic E-state index is 12.7. The van der Waals surface area contributed by atoms with Gasteiger partial charge in [-0.1, -0.05) is 30.3 Å². The van der Waals surface area contributed by atoms with Gasteiger partial charge in [-0.3, -0.25) is 14.4 Å². The van der Waals surface area contributed by atoms with Gasteiger partial charge in [-0.2, -0.15) is 0 Å². The number of hydrogen-bond acceptors (Lipinski definition) is 3. The summed E-state index contributed by atoms with van der Waals surface area (Å²) >= 11 is 0. The highest BCUT2D eigenvalue weighted by molar-refractivity contribution is 5.79. The van der Waals surface area contributed by atoms with Crippen LogP contribution in [0.4, 0.5) is 0 Å². The second-order valence-electron chi connectivity index (χ2n) is 7.19. The topological polar surface area (TPSA) is 69.7 Å². The van der Waals surface area contributed by atoms with Crippen molar-refractivity contribution in [1.29, 1.82) is 0 Å². The molecule has 0 radical (unpaired) electrons. The predicted octanol–water partition coefficient (Wildman–Crippen LogP) is 0.815. The van der Waals surface area contributed by atoms with Crippen LogP contribution in [0.3, 0.4) is 0 Å². The zero-order chi connectivity index (χ0) is 18.0. The molecule has 1 aromatic carbocycles. The third-order valence-electron chi connectivity index (χ3n) is 5.39. The lowest BCUT2D eigenvalue weighted by Crippen LogP contribution is -2.61. The summed E-state index contributed by atoms with van der Waals surface area (Å²) in [6.45, 7) is 5.37. The van der Waals surface area contributed by atoms with Gasteiger partial charge in [0.2, 0.25) is 17.7 Å². The van der Waals surface area contributed by atoms with E-state index in [0.717, 1.165) is 5.56 Å². The van der Waals surface area contributed by atoms with E-state index in [1.54, 1.807) is 11.8 Å². The molecule has 6 heteroatoms. The number of likely N-dealkylation sites (tertiary alicyclic amines) is 2. The van der Waals surface area contributed by atoms with E-state index in [2.05, 4.69) is 5.32 Å². The number of carbonyl (C=O) groups excluding carboxylic acids is 3. The fraction of sp³-hybridized carbons (Fsp3) is 0.526. The SMILES string of the molecule is CC(=O)N[C@@]12CCN(C(=O)Cc3ccccc3)C[C@@H]1CN(C(C)=O)C2. The smallest absolute Gasteiger partial charge is 0.227 e. The quantitative estimate of drug-likeness (QED) is 0.883. The van der Waals surface area contributed by atoms with E-state index in [1.165, 1.54) is 6.92 Å². The highest BCUT2D eigenvalue weighted by Gasteiger charge is 2.51. The first kappa shape index (κ1) is 17.5. The minimum absolute atomic E-state index is 0.0151. The third-order valence-corrected chi connectivity index (χ3v) is 5.39. The lowest BCUT2D eigenvalue weighted by molar-refractivity contribution is -0.133. The van der Waals surface area contributed by atoms with E-state index in [4.69, 9.17) is 0 Å². The number of nitrogens with one attached hydrogen (secondary N) is 1. The second kappa shape index (κ2) is 6.86. The van der Waals surface area contributed by atoms with Gasteiger partial charge in [0, 0.05) is 45.9 Å². The molecule has 3 rings (SSSR count). The number of rotatable bonds is 3. The fourth-order valence-corrected chi connectivity index (χ4v) is 4.09. The van der Waals surface area contributed by atoms with Gasteiger partial charge in [0.25, 0.3) is 0 Å². The van der Waals surface area contributed by atoms with Crippen molar-refractivity contribution < 1.29 is 14.4 Å². The van der Waals surface area contributed by atoms with Crippen molar-refractivity contribution in [1.82, 2.24) is 15.1 Å². The molecule has 25 heavy (non-hydrogen) atoms. The molecular weight excluding hydrogens is 318 g/mol. The number of hydrogen-bond donors (Lipinski definition) is 1. The fourth-order valence-electron chi connectivity index (χ4n) is 4.09. The van der Waals surface area contributed by atoms with E-state index in [0.29, 0.717) is 39.0 Å². The Kier molecular flexibility index (Phi) is 4.79. The average molecular weight is 343 g/mol. The second-order valence-corrected chi connectivity index (χ2v) is 7.19. The van der Waals surface area contributed by atoms with Crippen LogP contribution in [0.1, 0.15) is 25.8 Å². The van der Waals surface area contributed by atoms with Crippen molar-refractivity contribution in [3.63, 3.8) is 0 Å². The minimum Gasteiger partial charge on any atom is -0.349 e. The summed E-state index contributed by atoms with van der Waals surface area (Å²) in [5.74, 6) is 0.110. The number of fused-ring (bicyclic) bond motifs is 1. The van der Waals surface area contributed by atoms with E-state index in [-0.39, 0.29) is 23.6 Å². The minimum atomic E-state index is -0.402. The van der Waals surface area contributed by atoms with Crippen LogP contribution in [0.5, 0.6) is 0 Å². The molecule has 2 heterocycles. The average Bonchev–Trinajstić information content (AvgIpc) is 2.93. The largest absolute Gasteiger partial charge is 0.349 e. The molecule has 0 aromatic heterocycles. The molecule has 0 spiro atoms. The van der Waals surface area contributed by atoms with Crippen molar-refractivity contribution in [3.05, 3.63) is 35.9 Å². The van der Waals surface area contributed by atoms with E-state index >= 15 is 0 Å². The molecule has 0 saturated carbocycles. The first-order chi connectivity index (χ1) is 11.9. The molecule has 6 nitrogen and oxygen atoms in total. The third kappa shape index (κ3) is 3.67. The first-order valence-electron chi connectivity index (χ1n) is 8.75. The van der Waals surface area contributed by atoms with Gasteiger partial charge in [-0.05, 0) is 12.0 Å². The Bertz CT molecular complexity index is 676. The van der Waals surface area contributed by atoms with Crippen LogP contribution in [0, 0.1) is 5.92 Å². The van der Waals surface area contributed by atoms with Crippen LogP contribution in [0.2, 0.25) is 0 Å².